The predicted molar refractivity (Wildman–Crippen MR) is 101 cm³/mol. The van der Waals surface area contributed by atoms with Gasteiger partial charge < -0.3 is 5.11 Å². The molecule has 0 aliphatic carbocycles. The quantitative estimate of drug-likeness (QED) is 0.749. The molecule has 0 unspecified atom stereocenters. The maximum absolute atomic E-state index is 11.7. The lowest BCUT2D eigenvalue weighted by molar-refractivity contribution is -0.141. The molecule has 0 saturated carbocycles. The molecule has 4 rings (SSSR count). The van der Waals surface area contributed by atoms with Crippen molar-refractivity contribution in [3.63, 3.8) is 0 Å². The Labute approximate surface area is 156 Å². The fourth-order valence-electron chi connectivity index (χ4n) is 3.53. The van der Waals surface area contributed by atoms with Gasteiger partial charge in [0.25, 0.3) is 0 Å². The topological polar surface area (TPSA) is 66.3 Å². The molecular weight excluding hydrogens is 346 g/mol. The Morgan fingerprint density at radius 3 is 2.54 bits per heavy atom. The molecule has 6 heteroatoms. The molecule has 2 atom stereocenters. The first-order chi connectivity index (χ1) is 12.7. The molecule has 0 radical (unpaired) electrons. The fraction of sp³-hybridized carbons (Fsp3) is 0.250. The van der Waals surface area contributed by atoms with Crippen LogP contribution in [0.4, 0.5) is 0 Å². The number of benzene rings is 1. The molecule has 3 aromatic rings. The van der Waals surface area contributed by atoms with Crippen LogP contribution in [0, 0.1) is 5.92 Å². The smallest absolute Gasteiger partial charge is 0.308 e. The second-order valence-corrected chi connectivity index (χ2v) is 7.50. The van der Waals surface area contributed by atoms with Crippen LogP contribution in [0.1, 0.15) is 17.0 Å². The number of hydrogen-bond donors (Lipinski definition) is 1. The number of carbonyl (C=O) groups is 1. The van der Waals surface area contributed by atoms with Crippen molar-refractivity contribution >= 4 is 17.3 Å². The first kappa shape index (κ1) is 16.9. The average Bonchev–Trinajstić information content (AvgIpc) is 3.33. The summed E-state index contributed by atoms with van der Waals surface area (Å²) in [7, 11) is 0. The molecule has 2 aromatic heterocycles. The lowest BCUT2D eigenvalue weighted by Gasteiger charge is -2.16. The van der Waals surface area contributed by atoms with Gasteiger partial charge in [0.1, 0.15) is 0 Å². The highest BCUT2D eigenvalue weighted by molar-refractivity contribution is 7.13. The van der Waals surface area contributed by atoms with Crippen molar-refractivity contribution in [3.8, 4) is 10.7 Å². The number of hydrogen-bond acceptors (Lipinski definition) is 5. The van der Waals surface area contributed by atoms with Gasteiger partial charge in [-0.2, -0.15) is 0 Å². The maximum atomic E-state index is 11.7. The van der Waals surface area contributed by atoms with E-state index in [1.165, 1.54) is 0 Å². The fourth-order valence-corrected chi connectivity index (χ4v) is 4.20. The minimum atomic E-state index is -0.731. The summed E-state index contributed by atoms with van der Waals surface area (Å²) in [6, 6.07) is 13.9. The van der Waals surface area contributed by atoms with E-state index in [9.17, 15) is 9.90 Å². The molecule has 1 aromatic carbocycles. The van der Waals surface area contributed by atoms with Crippen LogP contribution < -0.4 is 0 Å². The van der Waals surface area contributed by atoms with Crippen molar-refractivity contribution in [2.45, 2.75) is 12.5 Å². The Morgan fingerprint density at radius 2 is 1.88 bits per heavy atom. The molecule has 1 saturated heterocycles. The Bertz CT molecular complexity index is 866. The Kier molecular flexibility index (Phi) is 4.77. The molecule has 0 amide bonds. The van der Waals surface area contributed by atoms with Crippen LogP contribution in [0.3, 0.4) is 0 Å². The Hall–Kier alpha value is -2.57. The van der Waals surface area contributed by atoms with Gasteiger partial charge in [0, 0.05) is 43.5 Å². The molecule has 1 N–H and O–H groups in total. The highest BCUT2D eigenvalue weighted by Crippen LogP contribution is 2.33. The van der Waals surface area contributed by atoms with Crippen molar-refractivity contribution in [1.82, 2.24) is 14.9 Å². The van der Waals surface area contributed by atoms with Gasteiger partial charge in [0.05, 0.1) is 10.8 Å². The number of likely N-dealkylation sites (tertiary alicyclic amines) is 1. The van der Waals surface area contributed by atoms with Crippen molar-refractivity contribution in [1.29, 1.82) is 0 Å². The largest absolute Gasteiger partial charge is 0.481 e. The van der Waals surface area contributed by atoms with E-state index in [2.05, 4.69) is 14.9 Å². The molecule has 0 bridgehead atoms. The number of carboxylic acids is 1. The number of aliphatic carboxylic acids is 1. The third kappa shape index (κ3) is 3.52. The average molecular weight is 365 g/mol. The SMILES string of the molecule is O=C(O)[C@@H]1CN(Cc2cnc(-c3cccs3)nc2)C[C@H]1c1ccccc1. The molecule has 0 spiro atoms. The second-order valence-electron chi connectivity index (χ2n) is 6.55. The van der Waals surface area contributed by atoms with E-state index in [0.29, 0.717) is 13.1 Å². The zero-order chi connectivity index (χ0) is 17.9. The van der Waals surface area contributed by atoms with Gasteiger partial charge in [-0.3, -0.25) is 9.69 Å². The molecule has 1 aliphatic rings. The maximum Gasteiger partial charge on any atom is 0.308 e. The lowest BCUT2D eigenvalue weighted by atomic mass is 9.89. The summed E-state index contributed by atoms with van der Waals surface area (Å²) in [6.07, 6.45) is 3.68. The zero-order valence-corrected chi connectivity index (χ0v) is 15.0. The Morgan fingerprint density at radius 1 is 1.12 bits per heavy atom. The summed E-state index contributed by atoms with van der Waals surface area (Å²) < 4.78 is 0. The first-order valence-corrected chi connectivity index (χ1v) is 9.43. The normalized spacial score (nSPS) is 20.3. The Balaban J connectivity index is 1.48. The van der Waals surface area contributed by atoms with Crippen molar-refractivity contribution in [3.05, 3.63) is 71.4 Å². The highest BCUT2D eigenvalue weighted by Gasteiger charge is 2.38. The number of nitrogens with zero attached hydrogens (tertiary/aromatic N) is 3. The molecular formula is C20H19N3O2S. The van der Waals surface area contributed by atoms with Crippen LogP contribution in [0.2, 0.25) is 0 Å². The van der Waals surface area contributed by atoms with Crippen LogP contribution in [-0.4, -0.2) is 39.0 Å². The van der Waals surface area contributed by atoms with Crippen LogP contribution in [0.25, 0.3) is 10.7 Å². The van der Waals surface area contributed by atoms with E-state index in [-0.39, 0.29) is 11.8 Å². The summed E-state index contributed by atoms with van der Waals surface area (Å²) in [5, 5.41) is 11.6. The monoisotopic (exact) mass is 365 g/mol. The summed E-state index contributed by atoms with van der Waals surface area (Å²) >= 11 is 1.62. The minimum absolute atomic E-state index is 0.0139. The molecule has 26 heavy (non-hydrogen) atoms. The van der Waals surface area contributed by atoms with Gasteiger partial charge in [-0.15, -0.1) is 11.3 Å². The second kappa shape index (κ2) is 7.35. The summed E-state index contributed by atoms with van der Waals surface area (Å²) in [5.41, 5.74) is 2.09. The number of rotatable bonds is 5. The van der Waals surface area contributed by atoms with Crippen molar-refractivity contribution in [2.24, 2.45) is 5.92 Å². The van der Waals surface area contributed by atoms with Crippen LogP contribution in [-0.2, 0) is 11.3 Å². The van der Waals surface area contributed by atoms with E-state index < -0.39 is 5.97 Å². The molecule has 132 valence electrons. The van der Waals surface area contributed by atoms with Gasteiger partial charge in [-0.25, -0.2) is 9.97 Å². The third-order valence-electron chi connectivity index (χ3n) is 4.79. The molecule has 3 heterocycles. The van der Waals surface area contributed by atoms with Gasteiger partial charge in [0.15, 0.2) is 5.82 Å². The predicted octanol–water partition coefficient (Wildman–Crippen LogP) is 3.51. The van der Waals surface area contributed by atoms with Crippen LogP contribution in [0.5, 0.6) is 0 Å². The highest BCUT2D eigenvalue weighted by atomic mass is 32.1. The molecule has 5 nitrogen and oxygen atoms in total. The number of thiophene rings is 1. The minimum Gasteiger partial charge on any atom is -0.481 e. The third-order valence-corrected chi connectivity index (χ3v) is 5.66. The van der Waals surface area contributed by atoms with E-state index in [1.807, 2.05) is 60.2 Å². The van der Waals surface area contributed by atoms with Crippen molar-refractivity contribution in [2.75, 3.05) is 13.1 Å². The van der Waals surface area contributed by atoms with Gasteiger partial charge in [-0.1, -0.05) is 36.4 Å². The van der Waals surface area contributed by atoms with Crippen LogP contribution in [0.15, 0.2) is 60.2 Å². The van der Waals surface area contributed by atoms with E-state index in [4.69, 9.17) is 0 Å². The van der Waals surface area contributed by atoms with Gasteiger partial charge in [0.2, 0.25) is 0 Å². The summed E-state index contributed by atoms with van der Waals surface area (Å²) in [4.78, 5) is 23.8. The summed E-state index contributed by atoms with van der Waals surface area (Å²) in [5.74, 6) is -0.370. The molecule has 1 aliphatic heterocycles. The molecule has 1 fully saturated rings. The van der Waals surface area contributed by atoms with Gasteiger partial charge >= 0.3 is 5.97 Å². The van der Waals surface area contributed by atoms with E-state index in [1.54, 1.807) is 11.3 Å². The zero-order valence-electron chi connectivity index (χ0n) is 14.2. The van der Waals surface area contributed by atoms with Gasteiger partial charge in [-0.05, 0) is 17.0 Å². The van der Waals surface area contributed by atoms with Crippen LogP contribution >= 0.6 is 11.3 Å². The summed E-state index contributed by atoms with van der Waals surface area (Å²) in [6.45, 7) is 1.94. The first-order valence-electron chi connectivity index (χ1n) is 8.55. The van der Waals surface area contributed by atoms with Crippen molar-refractivity contribution < 1.29 is 9.90 Å². The lowest BCUT2D eigenvalue weighted by Crippen LogP contribution is -2.23. The number of carboxylic acid groups (broad SMARTS) is 1. The van der Waals surface area contributed by atoms with E-state index >= 15 is 0 Å². The standard InChI is InChI=1S/C20H19N3O2S/c24-20(25)17-13-23(12-16(17)15-5-2-1-3-6-15)11-14-9-21-19(22-10-14)18-7-4-8-26-18/h1-10,16-17H,11-13H2,(H,24,25)/t16-,17+/m0/s1. The number of aromatic nitrogens is 2. The van der Waals surface area contributed by atoms with E-state index in [0.717, 1.165) is 28.4 Å².